The van der Waals surface area contributed by atoms with E-state index in [1.807, 2.05) is 13.1 Å². The predicted molar refractivity (Wildman–Crippen MR) is 90.6 cm³/mol. The summed E-state index contributed by atoms with van der Waals surface area (Å²) in [5.41, 5.74) is 1.02. The summed E-state index contributed by atoms with van der Waals surface area (Å²) >= 11 is 0. The molecule has 0 bridgehead atoms. The van der Waals surface area contributed by atoms with Crippen LogP contribution in [0.1, 0.15) is 5.69 Å². The lowest BCUT2D eigenvalue weighted by Gasteiger charge is -2.27. The van der Waals surface area contributed by atoms with Gasteiger partial charge in [-0.05, 0) is 6.92 Å². The summed E-state index contributed by atoms with van der Waals surface area (Å²) in [6.45, 7) is 7.87. The fraction of sp³-hybridized carbons (Fsp3) is 0.533. The molecule has 9 heteroatoms. The van der Waals surface area contributed by atoms with Gasteiger partial charge in [-0.15, -0.1) is 0 Å². The average molecular weight is 331 g/mol. The number of H-pyrrole nitrogens is 1. The first-order valence-electron chi connectivity index (χ1n) is 8.16. The smallest absolute Gasteiger partial charge is 0.314 e. The van der Waals surface area contributed by atoms with Gasteiger partial charge in [-0.2, -0.15) is 4.98 Å². The molecule has 0 radical (unpaired) electrons. The number of rotatable bonds is 3. The van der Waals surface area contributed by atoms with Crippen LogP contribution in [0.5, 0.6) is 0 Å². The van der Waals surface area contributed by atoms with E-state index < -0.39 is 11.2 Å². The van der Waals surface area contributed by atoms with Gasteiger partial charge in [0.15, 0.2) is 11.2 Å². The first-order valence-corrected chi connectivity index (χ1v) is 8.16. The molecule has 1 fully saturated rings. The van der Waals surface area contributed by atoms with Crippen molar-refractivity contribution < 1.29 is 0 Å². The molecule has 3 aromatic rings. The Kier molecular flexibility index (Phi) is 3.54. The Morgan fingerprint density at radius 1 is 1.21 bits per heavy atom. The van der Waals surface area contributed by atoms with E-state index in [1.165, 1.54) is 4.57 Å². The van der Waals surface area contributed by atoms with Crippen LogP contribution in [0.2, 0.25) is 0 Å². The normalized spacial score (nSPS) is 16.4. The molecule has 0 saturated carbocycles. The van der Waals surface area contributed by atoms with Gasteiger partial charge in [-0.1, -0.05) is 0 Å². The highest BCUT2D eigenvalue weighted by atomic mass is 16.2. The molecule has 2 N–H and O–H groups in total. The van der Waals surface area contributed by atoms with Gasteiger partial charge in [0.05, 0.1) is 0 Å². The summed E-state index contributed by atoms with van der Waals surface area (Å²) in [7, 11) is 1.62. The molecule has 0 unspecified atom stereocenters. The standard InChI is InChI=1S/C15H21N7O2/c1-10-9-22-11-12(19(2)15(24)18-13(11)23)17-14(22)21(10)8-7-20-5-3-16-4-6-20/h9,16H,3-8H2,1-2H3,(H,18,23,24). The van der Waals surface area contributed by atoms with Crippen molar-refractivity contribution in [3.05, 3.63) is 32.7 Å². The highest BCUT2D eigenvalue weighted by Gasteiger charge is 2.18. The Morgan fingerprint density at radius 2 is 1.96 bits per heavy atom. The van der Waals surface area contributed by atoms with E-state index in [4.69, 9.17) is 0 Å². The van der Waals surface area contributed by atoms with Gasteiger partial charge in [-0.3, -0.25) is 23.6 Å². The number of aromatic nitrogens is 5. The molecule has 4 heterocycles. The predicted octanol–water partition coefficient (Wildman–Crippen LogP) is -1.11. The lowest BCUT2D eigenvalue weighted by atomic mass is 10.3. The molecule has 1 aliphatic heterocycles. The zero-order valence-corrected chi connectivity index (χ0v) is 13.9. The first-order chi connectivity index (χ1) is 11.6. The Hall–Kier alpha value is -2.39. The summed E-state index contributed by atoms with van der Waals surface area (Å²) < 4.78 is 5.26. The molecule has 0 spiro atoms. The van der Waals surface area contributed by atoms with Crippen molar-refractivity contribution in [1.29, 1.82) is 0 Å². The third-order valence-corrected chi connectivity index (χ3v) is 4.76. The van der Waals surface area contributed by atoms with Crippen LogP contribution in [0.3, 0.4) is 0 Å². The van der Waals surface area contributed by atoms with E-state index in [-0.39, 0.29) is 0 Å². The number of hydrogen-bond acceptors (Lipinski definition) is 5. The Morgan fingerprint density at radius 3 is 2.71 bits per heavy atom. The van der Waals surface area contributed by atoms with Crippen molar-refractivity contribution in [2.24, 2.45) is 7.05 Å². The number of piperazine rings is 1. The summed E-state index contributed by atoms with van der Waals surface area (Å²) in [4.78, 5) is 33.3. The monoisotopic (exact) mass is 331 g/mol. The fourth-order valence-electron chi connectivity index (χ4n) is 3.37. The van der Waals surface area contributed by atoms with E-state index >= 15 is 0 Å². The summed E-state index contributed by atoms with van der Waals surface area (Å²) in [5.74, 6) is 0.698. The van der Waals surface area contributed by atoms with Gasteiger partial charge in [-0.25, -0.2) is 4.79 Å². The molecule has 4 rings (SSSR count). The van der Waals surface area contributed by atoms with Crippen LogP contribution >= 0.6 is 0 Å². The molecule has 0 aromatic carbocycles. The quantitative estimate of drug-likeness (QED) is 0.635. The zero-order chi connectivity index (χ0) is 16.8. The van der Waals surface area contributed by atoms with Crippen molar-refractivity contribution in [3.8, 4) is 0 Å². The highest BCUT2D eigenvalue weighted by molar-refractivity contribution is 5.75. The molecule has 3 aromatic heterocycles. The molecule has 0 amide bonds. The van der Waals surface area contributed by atoms with Gasteiger partial charge in [0.2, 0.25) is 5.78 Å². The van der Waals surface area contributed by atoms with Crippen molar-refractivity contribution >= 4 is 16.9 Å². The van der Waals surface area contributed by atoms with Crippen LogP contribution in [0.15, 0.2) is 15.8 Å². The largest absolute Gasteiger partial charge is 0.329 e. The van der Waals surface area contributed by atoms with Gasteiger partial charge < -0.3 is 9.88 Å². The first kappa shape index (κ1) is 15.2. The third-order valence-electron chi connectivity index (χ3n) is 4.76. The van der Waals surface area contributed by atoms with Crippen molar-refractivity contribution in [1.82, 2.24) is 33.7 Å². The van der Waals surface area contributed by atoms with Gasteiger partial charge >= 0.3 is 5.69 Å². The number of nitrogens with zero attached hydrogens (tertiary/aromatic N) is 5. The van der Waals surface area contributed by atoms with Crippen molar-refractivity contribution in [2.75, 3.05) is 32.7 Å². The zero-order valence-electron chi connectivity index (χ0n) is 13.9. The maximum absolute atomic E-state index is 12.2. The second-order valence-electron chi connectivity index (χ2n) is 6.29. The topological polar surface area (TPSA) is 92.4 Å². The third kappa shape index (κ3) is 2.28. The Balaban J connectivity index is 1.78. The second kappa shape index (κ2) is 5.60. The molecule has 0 aliphatic carbocycles. The van der Waals surface area contributed by atoms with E-state index in [2.05, 4.69) is 24.8 Å². The number of aryl methyl sites for hydroxylation is 2. The van der Waals surface area contributed by atoms with E-state index in [1.54, 1.807) is 11.4 Å². The Bertz CT molecular complexity index is 1020. The van der Waals surface area contributed by atoms with Gasteiger partial charge in [0, 0.05) is 58.2 Å². The highest BCUT2D eigenvalue weighted by Crippen LogP contribution is 2.15. The summed E-state index contributed by atoms with van der Waals surface area (Å²) in [6.07, 6.45) is 1.90. The molecular formula is C15H21N7O2. The van der Waals surface area contributed by atoms with Crippen LogP contribution in [0.4, 0.5) is 0 Å². The lowest BCUT2D eigenvalue weighted by Crippen LogP contribution is -2.44. The molecule has 1 saturated heterocycles. The molecule has 1 aliphatic rings. The molecule has 24 heavy (non-hydrogen) atoms. The van der Waals surface area contributed by atoms with E-state index in [0.717, 1.165) is 45.0 Å². The van der Waals surface area contributed by atoms with Crippen LogP contribution in [0, 0.1) is 6.92 Å². The lowest BCUT2D eigenvalue weighted by molar-refractivity contribution is 0.233. The van der Waals surface area contributed by atoms with E-state index in [0.29, 0.717) is 16.9 Å². The van der Waals surface area contributed by atoms with Crippen molar-refractivity contribution in [3.63, 3.8) is 0 Å². The van der Waals surface area contributed by atoms with Crippen LogP contribution in [-0.2, 0) is 13.6 Å². The molecule has 9 nitrogen and oxygen atoms in total. The van der Waals surface area contributed by atoms with Crippen molar-refractivity contribution in [2.45, 2.75) is 13.5 Å². The summed E-state index contributed by atoms with van der Waals surface area (Å²) in [6, 6.07) is 0. The summed E-state index contributed by atoms with van der Waals surface area (Å²) in [5, 5.41) is 3.35. The number of hydrogen-bond donors (Lipinski definition) is 2. The number of fused-ring (bicyclic) bond motifs is 3. The molecule has 128 valence electrons. The minimum atomic E-state index is -0.447. The second-order valence-corrected chi connectivity index (χ2v) is 6.29. The fourth-order valence-corrected chi connectivity index (χ4v) is 3.37. The minimum absolute atomic E-state index is 0.403. The van der Waals surface area contributed by atoms with Crippen LogP contribution < -0.4 is 16.6 Å². The Labute approximate surface area is 137 Å². The maximum atomic E-state index is 12.2. The average Bonchev–Trinajstić information content (AvgIpc) is 3.07. The number of imidazole rings is 2. The number of aromatic amines is 1. The van der Waals surface area contributed by atoms with Gasteiger partial charge in [0.1, 0.15) is 0 Å². The van der Waals surface area contributed by atoms with Gasteiger partial charge in [0.25, 0.3) is 5.56 Å². The molecular weight excluding hydrogens is 310 g/mol. The SMILES string of the molecule is Cc1cn2c3c(=O)[nH]c(=O)n(C)c3nc2n1CCN1CCNCC1. The van der Waals surface area contributed by atoms with Crippen LogP contribution in [0.25, 0.3) is 16.9 Å². The maximum Gasteiger partial charge on any atom is 0.329 e. The van der Waals surface area contributed by atoms with E-state index in [9.17, 15) is 9.59 Å². The molecule has 0 atom stereocenters. The minimum Gasteiger partial charge on any atom is -0.314 e. The number of nitrogens with one attached hydrogen (secondary N) is 2. The van der Waals surface area contributed by atoms with Crippen LogP contribution in [-0.4, -0.2) is 61.1 Å².